The van der Waals surface area contributed by atoms with Gasteiger partial charge >= 0.3 is 0 Å². The Morgan fingerprint density at radius 1 is 1.11 bits per heavy atom. The van der Waals surface area contributed by atoms with Crippen molar-refractivity contribution in [3.8, 4) is 0 Å². The van der Waals surface area contributed by atoms with Gasteiger partial charge in [0.1, 0.15) is 12.1 Å². The standard InChI is InChI=1S/C15H14FNO/c16-15-8-4-7-12(13(15)9-17)14(10-18)11-5-2-1-3-6-11/h1-8,10,14H,9,17H2. The SMILES string of the molecule is NCc1c(F)cccc1C(C=O)c1ccccc1. The zero-order chi connectivity index (χ0) is 13.0. The van der Waals surface area contributed by atoms with Gasteiger partial charge in [0.15, 0.2) is 0 Å². The molecule has 0 aliphatic rings. The molecule has 2 rings (SSSR count). The zero-order valence-corrected chi connectivity index (χ0v) is 9.84. The van der Waals surface area contributed by atoms with Crippen molar-refractivity contribution in [3.63, 3.8) is 0 Å². The van der Waals surface area contributed by atoms with Crippen LogP contribution in [0, 0.1) is 5.82 Å². The molecule has 0 saturated carbocycles. The lowest BCUT2D eigenvalue weighted by Crippen LogP contribution is -2.10. The van der Waals surface area contributed by atoms with E-state index < -0.39 is 5.92 Å². The molecule has 2 aromatic rings. The highest BCUT2D eigenvalue weighted by molar-refractivity contribution is 5.69. The highest BCUT2D eigenvalue weighted by Gasteiger charge is 2.18. The molecule has 0 aromatic heterocycles. The number of carbonyl (C=O) groups is 1. The molecule has 2 nitrogen and oxygen atoms in total. The number of benzene rings is 2. The van der Waals surface area contributed by atoms with Crippen LogP contribution in [0.2, 0.25) is 0 Å². The molecule has 92 valence electrons. The molecule has 0 bridgehead atoms. The first kappa shape index (κ1) is 12.5. The first-order chi connectivity index (χ1) is 8.77. The maximum Gasteiger partial charge on any atom is 0.131 e. The van der Waals surface area contributed by atoms with Gasteiger partial charge < -0.3 is 10.5 Å². The maximum absolute atomic E-state index is 13.7. The fourth-order valence-corrected chi connectivity index (χ4v) is 2.07. The fraction of sp³-hybridized carbons (Fsp3) is 0.133. The van der Waals surface area contributed by atoms with E-state index in [9.17, 15) is 9.18 Å². The largest absolute Gasteiger partial charge is 0.326 e. The average molecular weight is 243 g/mol. The molecule has 0 amide bonds. The lowest BCUT2D eigenvalue weighted by atomic mass is 9.89. The van der Waals surface area contributed by atoms with Crippen molar-refractivity contribution >= 4 is 6.29 Å². The summed E-state index contributed by atoms with van der Waals surface area (Å²) in [7, 11) is 0. The van der Waals surface area contributed by atoms with E-state index in [-0.39, 0.29) is 12.4 Å². The van der Waals surface area contributed by atoms with Gasteiger partial charge in [-0.2, -0.15) is 0 Å². The third-order valence-electron chi connectivity index (χ3n) is 2.99. The van der Waals surface area contributed by atoms with Gasteiger partial charge in [0, 0.05) is 12.1 Å². The monoisotopic (exact) mass is 243 g/mol. The van der Waals surface area contributed by atoms with Crippen LogP contribution < -0.4 is 5.73 Å². The van der Waals surface area contributed by atoms with Crippen molar-refractivity contribution in [1.29, 1.82) is 0 Å². The van der Waals surface area contributed by atoms with E-state index >= 15 is 0 Å². The normalized spacial score (nSPS) is 12.1. The number of hydrogen-bond acceptors (Lipinski definition) is 2. The molecule has 0 radical (unpaired) electrons. The van der Waals surface area contributed by atoms with Gasteiger partial charge in [0.05, 0.1) is 5.92 Å². The summed E-state index contributed by atoms with van der Waals surface area (Å²) in [6.07, 6.45) is 0.823. The van der Waals surface area contributed by atoms with E-state index in [1.54, 1.807) is 12.1 Å². The van der Waals surface area contributed by atoms with Gasteiger partial charge in [-0.05, 0) is 17.2 Å². The molecule has 0 aliphatic heterocycles. The molecule has 0 aliphatic carbocycles. The summed E-state index contributed by atoms with van der Waals surface area (Å²) in [5.74, 6) is -0.835. The van der Waals surface area contributed by atoms with Crippen LogP contribution in [0.1, 0.15) is 22.6 Å². The van der Waals surface area contributed by atoms with Gasteiger partial charge in [-0.15, -0.1) is 0 Å². The summed E-state index contributed by atoms with van der Waals surface area (Å²) in [6.45, 7) is 0.0825. The summed E-state index contributed by atoms with van der Waals surface area (Å²) in [5, 5.41) is 0. The van der Waals surface area contributed by atoms with Crippen LogP contribution in [0.15, 0.2) is 48.5 Å². The minimum Gasteiger partial charge on any atom is -0.326 e. The van der Waals surface area contributed by atoms with Crippen molar-refractivity contribution in [1.82, 2.24) is 0 Å². The zero-order valence-electron chi connectivity index (χ0n) is 9.84. The topological polar surface area (TPSA) is 43.1 Å². The van der Waals surface area contributed by atoms with Gasteiger partial charge in [-0.1, -0.05) is 42.5 Å². The number of hydrogen-bond donors (Lipinski definition) is 1. The second-order valence-electron chi connectivity index (χ2n) is 4.04. The molecule has 1 unspecified atom stereocenters. The van der Waals surface area contributed by atoms with Crippen molar-refractivity contribution in [2.45, 2.75) is 12.5 Å². The number of rotatable bonds is 4. The Morgan fingerprint density at radius 2 is 1.83 bits per heavy atom. The Hall–Kier alpha value is -2.00. The average Bonchev–Trinajstić information content (AvgIpc) is 2.41. The van der Waals surface area contributed by atoms with Crippen LogP contribution in [-0.2, 0) is 11.3 Å². The summed E-state index contributed by atoms with van der Waals surface area (Å²) in [4.78, 5) is 11.3. The summed E-state index contributed by atoms with van der Waals surface area (Å²) >= 11 is 0. The third-order valence-corrected chi connectivity index (χ3v) is 2.99. The first-order valence-corrected chi connectivity index (χ1v) is 5.75. The van der Waals surface area contributed by atoms with Crippen molar-refractivity contribution < 1.29 is 9.18 Å². The second kappa shape index (κ2) is 5.56. The Kier molecular flexibility index (Phi) is 3.85. The Bertz CT molecular complexity index is 539. The van der Waals surface area contributed by atoms with Gasteiger partial charge in [0.25, 0.3) is 0 Å². The van der Waals surface area contributed by atoms with Crippen LogP contribution in [0.25, 0.3) is 0 Å². The minimum atomic E-state index is -0.472. The second-order valence-corrected chi connectivity index (χ2v) is 4.04. The highest BCUT2D eigenvalue weighted by atomic mass is 19.1. The predicted molar refractivity (Wildman–Crippen MR) is 68.6 cm³/mol. The summed E-state index contributed by atoms with van der Waals surface area (Å²) in [6, 6.07) is 14.0. The van der Waals surface area contributed by atoms with Crippen LogP contribution in [0.5, 0.6) is 0 Å². The fourth-order valence-electron chi connectivity index (χ4n) is 2.07. The Labute approximate surface area is 105 Å². The van der Waals surface area contributed by atoms with E-state index in [1.807, 2.05) is 30.3 Å². The van der Waals surface area contributed by atoms with Crippen LogP contribution in [-0.4, -0.2) is 6.29 Å². The van der Waals surface area contributed by atoms with Crippen LogP contribution >= 0.6 is 0 Å². The molecule has 0 heterocycles. The quantitative estimate of drug-likeness (QED) is 0.839. The predicted octanol–water partition coefficient (Wildman–Crippen LogP) is 2.62. The smallest absolute Gasteiger partial charge is 0.131 e. The molecule has 0 saturated heterocycles. The summed E-state index contributed by atoms with van der Waals surface area (Å²) in [5.41, 5.74) is 7.45. The van der Waals surface area contributed by atoms with Gasteiger partial charge in [0.2, 0.25) is 0 Å². The number of halogens is 1. The first-order valence-electron chi connectivity index (χ1n) is 5.75. The van der Waals surface area contributed by atoms with Crippen LogP contribution in [0.4, 0.5) is 4.39 Å². The molecule has 18 heavy (non-hydrogen) atoms. The minimum absolute atomic E-state index is 0.0825. The lowest BCUT2D eigenvalue weighted by molar-refractivity contribution is -0.108. The molecule has 3 heteroatoms. The van der Waals surface area contributed by atoms with Crippen molar-refractivity contribution in [2.75, 3.05) is 0 Å². The maximum atomic E-state index is 13.7. The van der Waals surface area contributed by atoms with E-state index in [1.165, 1.54) is 6.07 Å². The number of nitrogens with two attached hydrogens (primary N) is 1. The molecule has 2 aromatic carbocycles. The lowest BCUT2D eigenvalue weighted by Gasteiger charge is -2.15. The van der Waals surface area contributed by atoms with Crippen molar-refractivity contribution in [2.24, 2.45) is 5.73 Å². The van der Waals surface area contributed by atoms with E-state index in [2.05, 4.69) is 0 Å². The molecular weight excluding hydrogens is 229 g/mol. The number of aldehydes is 1. The van der Waals surface area contributed by atoms with Gasteiger partial charge in [-0.3, -0.25) is 0 Å². The van der Waals surface area contributed by atoms with Crippen molar-refractivity contribution in [3.05, 3.63) is 71.0 Å². The number of carbonyl (C=O) groups excluding carboxylic acids is 1. The highest BCUT2D eigenvalue weighted by Crippen LogP contribution is 2.26. The Morgan fingerprint density at radius 3 is 2.44 bits per heavy atom. The van der Waals surface area contributed by atoms with Gasteiger partial charge in [-0.25, -0.2) is 4.39 Å². The molecule has 2 N–H and O–H groups in total. The van der Waals surface area contributed by atoms with E-state index in [0.29, 0.717) is 11.1 Å². The molecular formula is C15H14FNO. The summed E-state index contributed by atoms with van der Waals surface area (Å²) < 4.78 is 13.7. The Balaban J connectivity index is 2.52. The van der Waals surface area contributed by atoms with E-state index in [0.717, 1.165) is 11.8 Å². The molecule has 0 fully saturated rings. The van der Waals surface area contributed by atoms with Crippen LogP contribution in [0.3, 0.4) is 0 Å². The third kappa shape index (κ3) is 2.31. The molecule has 0 spiro atoms. The van der Waals surface area contributed by atoms with E-state index in [4.69, 9.17) is 5.73 Å². The molecule has 1 atom stereocenters.